The van der Waals surface area contributed by atoms with Crippen molar-refractivity contribution in [3.8, 4) is 0 Å². The van der Waals surface area contributed by atoms with E-state index in [-0.39, 0.29) is 17.7 Å². The van der Waals surface area contributed by atoms with Crippen LogP contribution in [0.2, 0.25) is 0 Å². The van der Waals surface area contributed by atoms with E-state index in [2.05, 4.69) is 4.98 Å². The van der Waals surface area contributed by atoms with Crippen LogP contribution in [0.3, 0.4) is 0 Å². The minimum Gasteiger partial charge on any atom is -0.396 e. The van der Waals surface area contributed by atoms with Gasteiger partial charge >= 0.3 is 0 Å². The molecule has 3 nitrogen and oxygen atoms in total. The minimum atomic E-state index is -0.601. The molecule has 0 bridgehead atoms. The quantitative estimate of drug-likeness (QED) is 0.833. The molecule has 5 heteroatoms. The lowest BCUT2D eigenvalue weighted by Crippen LogP contribution is -2.04. The predicted molar refractivity (Wildman–Crippen MR) is 61.5 cm³/mol. The number of nitrogen functional groups attached to an aromatic ring is 1. The molecule has 90 valence electrons. The smallest absolute Gasteiger partial charge is 0.146 e. The summed E-state index contributed by atoms with van der Waals surface area (Å²) in [5, 5.41) is 0. The summed E-state index contributed by atoms with van der Waals surface area (Å²) in [6.45, 7) is 2.71. The van der Waals surface area contributed by atoms with E-state index in [1.807, 2.05) is 11.5 Å². The van der Waals surface area contributed by atoms with Gasteiger partial charge in [0.25, 0.3) is 0 Å². The standard InChI is InChI=1S/C12H13F2N3/c1-2-17-4-3-16-12(17)6-8-5-10(14)11(15)7-9(8)13/h3-5,7H,2,6,15H2,1H3. The molecule has 0 saturated heterocycles. The summed E-state index contributed by atoms with van der Waals surface area (Å²) in [5.74, 6) is -0.402. The lowest BCUT2D eigenvalue weighted by Gasteiger charge is -2.07. The highest BCUT2D eigenvalue weighted by molar-refractivity contribution is 5.42. The molecule has 0 radical (unpaired) electrons. The molecule has 0 amide bonds. The highest BCUT2D eigenvalue weighted by Crippen LogP contribution is 2.19. The maximum Gasteiger partial charge on any atom is 0.146 e. The van der Waals surface area contributed by atoms with Crippen LogP contribution in [0.25, 0.3) is 0 Å². The Hall–Kier alpha value is -1.91. The third-order valence-electron chi connectivity index (χ3n) is 2.66. The SMILES string of the molecule is CCn1ccnc1Cc1cc(F)c(N)cc1F. The van der Waals surface area contributed by atoms with Crippen molar-refractivity contribution in [2.75, 3.05) is 5.73 Å². The lowest BCUT2D eigenvalue weighted by molar-refractivity contribution is 0.587. The normalized spacial score (nSPS) is 10.8. The maximum absolute atomic E-state index is 13.6. The Balaban J connectivity index is 2.33. The Bertz CT molecular complexity index is 535. The van der Waals surface area contributed by atoms with Gasteiger partial charge in [0.1, 0.15) is 17.5 Å². The van der Waals surface area contributed by atoms with Crippen molar-refractivity contribution < 1.29 is 8.78 Å². The van der Waals surface area contributed by atoms with Gasteiger partial charge in [-0.15, -0.1) is 0 Å². The second-order valence-corrected chi connectivity index (χ2v) is 3.77. The summed E-state index contributed by atoms with van der Waals surface area (Å²) in [4.78, 5) is 4.12. The first-order valence-corrected chi connectivity index (χ1v) is 5.35. The second kappa shape index (κ2) is 4.53. The van der Waals surface area contributed by atoms with Gasteiger partial charge in [0.05, 0.1) is 5.69 Å². The molecule has 0 spiro atoms. The molecule has 0 fully saturated rings. The molecule has 0 aliphatic carbocycles. The first kappa shape index (κ1) is 11.6. The third-order valence-corrected chi connectivity index (χ3v) is 2.66. The van der Waals surface area contributed by atoms with Crippen molar-refractivity contribution in [2.45, 2.75) is 19.9 Å². The van der Waals surface area contributed by atoms with E-state index in [0.717, 1.165) is 18.7 Å². The molecular formula is C12H13F2N3. The van der Waals surface area contributed by atoms with Gasteiger partial charge in [-0.05, 0) is 18.6 Å². The zero-order valence-electron chi connectivity index (χ0n) is 9.45. The molecule has 0 aliphatic rings. The summed E-state index contributed by atoms with van der Waals surface area (Å²) in [6, 6.07) is 2.13. The fourth-order valence-corrected chi connectivity index (χ4v) is 1.70. The molecule has 2 N–H and O–H groups in total. The van der Waals surface area contributed by atoms with Crippen molar-refractivity contribution in [3.63, 3.8) is 0 Å². The molecule has 0 aliphatic heterocycles. The number of nitrogens with zero attached hydrogens (tertiary/aromatic N) is 2. The summed E-state index contributed by atoms with van der Waals surface area (Å²) >= 11 is 0. The van der Waals surface area contributed by atoms with Gasteiger partial charge in [-0.1, -0.05) is 0 Å². The number of aryl methyl sites for hydroxylation is 1. The van der Waals surface area contributed by atoms with Gasteiger partial charge < -0.3 is 10.3 Å². The molecule has 2 rings (SSSR count). The minimum absolute atomic E-state index is 0.176. The first-order chi connectivity index (χ1) is 8.11. The van der Waals surface area contributed by atoms with Crippen LogP contribution in [-0.2, 0) is 13.0 Å². The number of anilines is 1. The predicted octanol–water partition coefficient (Wildman–Crippen LogP) is 2.35. The molecule has 0 saturated carbocycles. The van der Waals surface area contributed by atoms with Crippen molar-refractivity contribution in [3.05, 3.63) is 47.5 Å². The van der Waals surface area contributed by atoms with Crippen LogP contribution in [0.5, 0.6) is 0 Å². The summed E-state index contributed by atoms with van der Waals surface area (Å²) in [5.41, 5.74) is 5.37. The van der Waals surface area contributed by atoms with E-state index in [1.165, 1.54) is 0 Å². The van der Waals surface area contributed by atoms with E-state index in [1.54, 1.807) is 12.4 Å². The van der Waals surface area contributed by atoms with E-state index < -0.39 is 11.6 Å². The third kappa shape index (κ3) is 2.27. The molecule has 1 aromatic carbocycles. The fraction of sp³-hybridized carbons (Fsp3) is 0.250. The zero-order valence-corrected chi connectivity index (χ0v) is 9.45. The second-order valence-electron chi connectivity index (χ2n) is 3.77. The van der Waals surface area contributed by atoms with Gasteiger partial charge in [0, 0.05) is 31.4 Å². The summed E-state index contributed by atoms with van der Waals surface area (Å²) in [7, 11) is 0. The lowest BCUT2D eigenvalue weighted by atomic mass is 10.1. The number of aromatic nitrogens is 2. The Morgan fingerprint density at radius 3 is 2.76 bits per heavy atom. The van der Waals surface area contributed by atoms with E-state index in [0.29, 0.717) is 5.82 Å². The average Bonchev–Trinajstić information content (AvgIpc) is 2.73. The van der Waals surface area contributed by atoms with Crippen LogP contribution >= 0.6 is 0 Å². The molecular weight excluding hydrogens is 224 g/mol. The van der Waals surface area contributed by atoms with Crippen molar-refractivity contribution >= 4 is 5.69 Å². The average molecular weight is 237 g/mol. The van der Waals surface area contributed by atoms with Crippen LogP contribution in [0.15, 0.2) is 24.5 Å². The topological polar surface area (TPSA) is 43.8 Å². The summed E-state index contributed by atoms with van der Waals surface area (Å²) in [6.07, 6.45) is 3.70. The monoisotopic (exact) mass is 237 g/mol. The molecule has 0 unspecified atom stereocenters. The summed E-state index contributed by atoms with van der Waals surface area (Å²) < 4.78 is 28.7. The Morgan fingerprint density at radius 2 is 2.06 bits per heavy atom. The molecule has 17 heavy (non-hydrogen) atoms. The van der Waals surface area contributed by atoms with Gasteiger partial charge in [0.15, 0.2) is 0 Å². The Morgan fingerprint density at radius 1 is 1.29 bits per heavy atom. The number of rotatable bonds is 3. The molecule has 1 heterocycles. The van der Waals surface area contributed by atoms with Crippen LogP contribution in [0.1, 0.15) is 18.3 Å². The van der Waals surface area contributed by atoms with Gasteiger partial charge in [-0.3, -0.25) is 0 Å². The largest absolute Gasteiger partial charge is 0.396 e. The fourth-order valence-electron chi connectivity index (χ4n) is 1.70. The number of benzene rings is 1. The van der Waals surface area contributed by atoms with Crippen LogP contribution in [0.4, 0.5) is 14.5 Å². The Labute approximate surface area is 97.9 Å². The maximum atomic E-state index is 13.6. The van der Waals surface area contributed by atoms with E-state index >= 15 is 0 Å². The molecule has 0 atom stereocenters. The number of imidazole rings is 1. The van der Waals surface area contributed by atoms with Crippen molar-refractivity contribution in [2.24, 2.45) is 0 Å². The Kier molecular flexibility index (Phi) is 3.08. The van der Waals surface area contributed by atoms with Crippen LogP contribution in [-0.4, -0.2) is 9.55 Å². The first-order valence-electron chi connectivity index (χ1n) is 5.35. The number of halogens is 2. The molecule has 2 aromatic rings. The number of hydrogen-bond donors (Lipinski definition) is 1. The highest BCUT2D eigenvalue weighted by atomic mass is 19.1. The van der Waals surface area contributed by atoms with Gasteiger partial charge in [0.2, 0.25) is 0 Å². The van der Waals surface area contributed by atoms with Gasteiger partial charge in [-0.2, -0.15) is 0 Å². The zero-order chi connectivity index (χ0) is 12.4. The van der Waals surface area contributed by atoms with Crippen molar-refractivity contribution in [1.29, 1.82) is 0 Å². The van der Waals surface area contributed by atoms with Gasteiger partial charge in [-0.25, -0.2) is 13.8 Å². The van der Waals surface area contributed by atoms with E-state index in [9.17, 15) is 8.78 Å². The number of hydrogen-bond acceptors (Lipinski definition) is 2. The van der Waals surface area contributed by atoms with Crippen LogP contribution < -0.4 is 5.73 Å². The van der Waals surface area contributed by atoms with Crippen LogP contribution in [0, 0.1) is 11.6 Å². The van der Waals surface area contributed by atoms with Crippen molar-refractivity contribution in [1.82, 2.24) is 9.55 Å². The number of nitrogens with two attached hydrogens (primary N) is 1. The molecule has 1 aromatic heterocycles. The highest BCUT2D eigenvalue weighted by Gasteiger charge is 2.11. The van der Waals surface area contributed by atoms with E-state index in [4.69, 9.17) is 5.73 Å².